The van der Waals surface area contributed by atoms with E-state index in [4.69, 9.17) is 9.47 Å². The molecule has 1 aromatic carbocycles. The number of allylic oxidation sites excluding steroid dienone is 1. The maximum Gasteiger partial charge on any atom is 0.255 e. The average molecular weight is 357 g/mol. The summed E-state index contributed by atoms with van der Waals surface area (Å²) in [5.74, 6) is -0.538. The molecule has 2 atom stereocenters. The third-order valence-electron chi connectivity index (χ3n) is 4.36. The molecular formula is C19H23N3O4. The third-order valence-corrected chi connectivity index (χ3v) is 4.36. The van der Waals surface area contributed by atoms with E-state index in [1.165, 1.54) is 12.3 Å². The van der Waals surface area contributed by atoms with Gasteiger partial charge in [-0.1, -0.05) is 30.3 Å². The van der Waals surface area contributed by atoms with Gasteiger partial charge < -0.3 is 19.8 Å². The van der Waals surface area contributed by atoms with Crippen molar-refractivity contribution < 1.29 is 19.1 Å². The number of amides is 1. The van der Waals surface area contributed by atoms with Crippen LogP contribution in [0.2, 0.25) is 0 Å². The molecule has 0 aliphatic carbocycles. The van der Waals surface area contributed by atoms with Gasteiger partial charge in [-0.05, 0) is 19.4 Å². The van der Waals surface area contributed by atoms with Crippen molar-refractivity contribution in [3.05, 3.63) is 59.5 Å². The number of carbonyl (C=O) groups excluding carboxylic acids is 2. The highest BCUT2D eigenvalue weighted by molar-refractivity contribution is 6.08. The lowest BCUT2D eigenvalue weighted by Crippen LogP contribution is -2.62. The van der Waals surface area contributed by atoms with Crippen LogP contribution < -0.4 is 10.9 Å². The first-order valence-electron chi connectivity index (χ1n) is 8.58. The van der Waals surface area contributed by atoms with Crippen LogP contribution in [0.5, 0.6) is 0 Å². The van der Waals surface area contributed by atoms with E-state index in [1.54, 1.807) is 11.8 Å². The van der Waals surface area contributed by atoms with Crippen LogP contribution >= 0.6 is 0 Å². The van der Waals surface area contributed by atoms with Crippen molar-refractivity contribution in [2.75, 3.05) is 13.2 Å². The average Bonchev–Trinajstić information content (AvgIpc) is 2.65. The first-order valence-corrected chi connectivity index (χ1v) is 8.58. The lowest BCUT2D eigenvalue weighted by molar-refractivity contribution is -0.143. The largest absolute Gasteiger partial charge is 0.484 e. The van der Waals surface area contributed by atoms with Gasteiger partial charge in [0.2, 0.25) is 5.78 Å². The van der Waals surface area contributed by atoms with Crippen LogP contribution in [0, 0.1) is 0 Å². The minimum Gasteiger partial charge on any atom is -0.484 e. The summed E-state index contributed by atoms with van der Waals surface area (Å²) in [4.78, 5) is 27.3. The molecule has 2 aliphatic heterocycles. The van der Waals surface area contributed by atoms with Gasteiger partial charge in [0.05, 0.1) is 24.8 Å². The second kappa shape index (κ2) is 8.16. The topological polar surface area (TPSA) is 79.9 Å². The first kappa shape index (κ1) is 18.2. The predicted molar refractivity (Wildman–Crippen MR) is 95.3 cm³/mol. The molecule has 0 spiro atoms. The number of benzene rings is 1. The van der Waals surface area contributed by atoms with Crippen molar-refractivity contribution in [1.29, 1.82) is 0 Å². The fourth-order valence-electron chi connectivity index (χ4n) is 2.99. The zero-order valence-electron chi connectivity index (χ0n) is 14.9. The zero-order valence-corrected chi connectivity index (χ0v) is 14.9. The molecule has 138 valence electrons. The number of carbonyl (C=O) groups is 2. The van der Waals surface area contributed by atoms with Gasteiger partial charge in [0, 0.05) is 12.3 Å². The molecule has 0 aromatic heterocycles. The predicted octanol–water partition coefficient (Wildman–Crippen LogP) is 1.24. The number of hydrazine groups is 1. The van der Waals surface area contributed by atoms with E-state index in [0.29, 0.717) is 13.2 Å². The maximum atomic E-state index is 13.1. The Bertz CT molecular complexity index is 730. The van der Waals surface area contributed by atoms with E-state index in [2.05, 4.69) is 10.9 Å². The molecule has 26 heavy (non-hydrogen) atoms. The molecule has 7 heteroatoms. The number of hydrogen-bond acceptors (Lipinski definition) is 6. The minimum atomic E-state index is -0.361. The van der Waals surface area contributed by atoms with E-state index in [1.807, 2.05) is 37.3 Å². The van der Waals surface area contributed by atoms with Gasteiger partial charge in [0.1, 0.15) is 12.8 Å². The molecule has 0 radical (unpaired) electrons. The molecule has 2 heterocycles. The van der Waals surface area contributed by atoms with Crippen molar-refractivity contribution in [2.45, 2.75) is 32.7 Å². The maximum absolute atomic E-state index is 13.1. The molecule has 1 fully saturated rings. The molecular weight excluding hydrogens is 334 g/mol. The highest BCUT2D eigenvalue weighted by Crippen LogP contribution is 2.20. The van der Waals surface area contributed by atoms with E-state index >= 15 is 0 Å². The van der Waals surface area contributed by atoms with E-state index in [0.717, 1.165) is 5.56 Å². The lowest BCUT2D eigenvalue weighted by Gasteiger charge is -2.41. The summed E-state index contributed by atoms with van der Waals surface area (Å²) >= 11 is 0. The Balaban J connectivity index is 1.90. The highest BCUT2D eigenvalue weighted by atomic mass is 16.5. The summed E-state index contributed by atoms with van der Waals surface area (Å²) in [5.41, 5.74) is 7.04. The molecule has 7 nitrogen and oxygen atoms in total. The van der Waals surface area contributed by atoms with Crippen LogP contribution in [0.1, 0.15) is 19.4 Å². The Morgan fingerprint density at radius 3 is 2.77 bits per heavy atom. The smallest absolute Gasteiger partial charge is 0.255 e. The summed E-state index contributed by atoms with van der Waals surface area (Å²) in [6.07, 6.45) is 2.50. The molecule has 1 unspecified atom stereocenters. The van der Waals surface area contributed by atoms with Gasteiger partial charge in [0.25, 0.3) is 5.91 Å². The number of nitrogens with zero attached hydrogens (tertiary/aromatic N) is 1. The van der Waals surface area contributed by atoms with E-state index < -0.39 is 0 Å². The lowest BCUT2D eigenvalue weighted by atomic mass is 10.1. The number of fused-ring (bicyclic) bond motifs is 1. The molecule has 2 aliphatic rings. The Kier molecular flexibility index (Phi) is 5.70. The molecule has 3 rings (SSSR count). The number of rotatable bonds is 3. The van der Waals surface area contributed by atoms with Crippen molar-refractivity contribution in [2.24, 2.45) is 0 Å². The van der Waals surface area contributed by atoms with Crippen LogP contribution in [-0.2, 0) is 25.7 Å². The Morgan fingerprint density at radius 1 is 1.23 bits per heavy atom. The van der Waals surface area contributed by atoms with E-state index in [-0.39, 0.29) is 41.8 Å². The highest BCUT2D eigenvalue weighted by Gasteiger charge is 2.35. The molecule has 1 saturated heterocycles. The summed E-state index contributed by atoms with van der Waals surface area (Å²) in [6, 6.07) is 9.39. The number of hydrogen-bond donors (Lipinski definition) is 2. The van der Waals surface area contributed by atoms with E-state index in [9.17, 15) is 9.59 Å². The van der Waals surface area contributed by atoms with Gasteiger partial charge >= 0.3 is 0 Å². The molecule has 0 saturated carbocycles. The first-order chi connectivity index (χ1) is 12.6. The van der Waals surface area contributed by atoms with Crippen LogP contribution in [0.3, 0.4) is 0 Å². The number of morpholine rings is 1. The minimum absolute atomic E-state index is 0.0660. The van der Waals surface area contributed by atoms with Crippen LogP contribution in [-0.4, -0.2) is 42.0 Å². The van der Waals surface area contributed by atoms with Crippen LogP contribution in [0.25, 0.3) is 0 Å². The summed E-state index contributed by atoms with van der Waals surface area (Å²) in [5, 5.41) is 0. The number of nitrogens with one attached hydrogen (secondary N) is 2. The van der Waals surface area contributed by atoms with Crippen LogP contribution in [0.15, 0.2) is 53.9 Å². The molecule has 0 bridgehead atoms. The molecule has 1 amide bonds. The van der Waals surface area contributed by atoms with Gasteiger partial charge in [-0.2, -0.15) is 0 Å². The Hall–Kier alpha value is -2.64. The van der Waals surface area contributed by atoms with Crippen molar-refractivity contribution in [3.8, 4) is 0 Å². The SMILES string of the molecule is C/C1=C(/OCc2ccccc2)C(=O)/C=C\NNC2COC[C@H](C)N2C1=O. The van der Waals surface area contributed by atoms with Crippen molar-refractivity contribution in [3.63, 3.8) is 0 Å². The zero-order chi connectivity index (χ0) is 18.5. The normalized spacial score (nSPS) is 28.2. The monoisotopic (exact) mass is 357 g/mol. The van der Waals surface area contributed by atoms with Crippen LogP contribution in [0.4, 0.5) is 0 Å². The molecule has 1 aromatic rings. The summed E-state index contributed by atoms with van der Waals surface area (Å²) in [6.45, 7) is 4.56. The third kappa shape index (κ3) is 3.95. The van der Waals surface area contributed by atoms with Crippen molar-refractivity contribution in [1.82, 2.24) is 15.8 Å². The number of ketones is 1. The van der Waals surface area contributed by atoms with Gasteiger partial charge in [-0.25, -0.2) is 5.43 Å². The standard InChI is InChI=1S/C19H23N3O4/c1-13-10-25-12-17-21-20-9-8-16(23)18(14(2)19(24)22(13)17)26-11-15-6-4-3-5-7-15/h3-9,13,17,20-21H,10-12H2,1-2H3/b9-8-,18-14-/t13-,17?/m0/s1. The summed E-state index contributed by atoms with van der Waals surface area (Å²) in [7, 11) is 0. The fourth-order valence-corrected chi connectivity index (χ4v) is 2.99. The van der Waals surface area contributed by atoms with Crippen molar-refractivity contribution >= 4 is 11.7 Å². The second-order valence-corrected chi connectivity index (χ2v) is 6.33. The van der Waals surface area contributed by atoms with Gasteiger partial charge in [0.15, 0.2) is 5.76 Å². The second-order valence-electron chi connectivity index (χ2n) is 6.33. The Morgan fingerprint density at radius 2 is 2.00 bits per heavy atom. The van der Waals surface area contributed by atoms with Gasteiger partial charge in [-0.15, -0.1) is 0 Å². The Labute approximate surface area is 152 Å². The quantitative estimate of drug-likeness (QED) is 0.847. The fraction of sp³-hybridized carbons (Fsp3) is 0.368. The number of ether oxygens (including phenoxy) is 2. The molecule has 2 N–H and O–H groups in total. The summed E-state index contributed by atoms with van der Waals surface area (Å²) < 4.78 is 11.3. The van der Waals surface area contributed by atoms with Gasteiger partial charge in [-0.3, -0.25) is 9.59 Å².